The first-order chi connectivity index (χ1) is 11.6. The molecule has 1 aromatic heterocycles. The number of rotatable bonds is 5. The molecule has 1 N–H and O–H groups in total. The summed E-state index contributed by atoms with van der Waals surface area (Å²) >= 11 is 1.66. The van der Waals surface area contributed by atoms with Crippen molar-refractivity contribution in [2.45, 2.75) is 70.2 Å². The zero-order valence-electron chi connectivity index (χ0n) is 14.2. The lowest BCUT2D eigenvalue weighted by Crippen LogP contribution is -2.21. The van der Waals surface area contributed by atoms with Crippen LogP contribution in [-0.2, 0) is 21.3 Å². The lowest BCUT2D eigenvalue weighted by Gasteiger charge is -1.97. The van der Waals surface area contributed by atoms with Crippen LogP contribution in [0.15, 0.2) is 17.5 Å². The number of hydrogen-bond acceptors (Lipinski definition) is 4. The molecule has 0 spiro atoms. The van der Waals surface area contributed by atoms with Gasteiger partial charge < -0.3 is 0 Å². The van der Waals surface area contributed by atoms with E-state index in [4.69, 9.17) is 13.0 Å². The van der Waals surface area contributed by atoms with Gasteiger partial charge in [-0.05, 0) is 17.9 Å². The molecule has 1 saturated carbocycles. The highest BCUT2D eigenvalue weighted by Gasteiger charge is 2.44. The van der Waals surface area contributed by atoms with Crippen LogP contribution < -0.4 is 0 Å². The Morgan fingerprint density at radius 3 is 2.00 bits per heavy atom. The van der Waals surface area contributed by atoms with Crippen molar-refractivity contribution in [2.75, 3.05) is 0 Å². The summed E-state index contributed by atoms with van der Waals surface area (Å²) in [6, 6.07) is 4.02. The number of alkyl halides is 3. The standard InChI is InChI=1S/C10H14OS.C5H10.CHF3O3S/c1-2-3-5-9(11)8-10-6-4-7-12-10;1-2-4-5-3-1;2-1(3,4)8(5,6)7/h4,6-7H,2-3,5,8H2,1H3;1-5H2;(H,5,6,7). The van der Waals surface area contributed by atoms with Gasteiger partial charge in [0.1, 0.15) is 5.78 Å². The van der Waals surface area contributed by atoms with E-state index in [0.717, 1.165) is 19.3 Å². The minimum absolute atomic E-state index is 0.374. The molecule has 9 heteroatoms. The maximum atomic E-state index is 11.3. The first kappa shape index (κ1) is 24.1. The Labute approximate surface area is 151 Å². The van der Waals surface area contributed by atoms with Crippen LogP contribution >= 0.6 is 11.3 Å². The van der Waals surface area contributed by atoms with Gasteiger partial charge in [-0.25, -0.2) is 0 Å². The van der Waals surface area contributed by atoms with E-state index in [9.17, 15) is 18.0 Å². The van der Waals surface area contributed by atoms with Crippen molar-refractivity contribution in [3.8, 4) is 0 Å². The van der Waals surface area contributed by atoms with Gasteiger partial charge in [-0.3, -0.25) is 9.35 Å². The number of carbonyl (C=O) groups excluding carboxylic acids is 1. The summed E-state index contributed by atoms with van der Waals surface area (Å²) in [6.07, 6.45) is 11.0. The number of halogens is 3. The first-order valence-electron chi connectivity index (χ1n) is 8.15. The van der Waals surface area contributed by atoms with Crippen LogP contribution in [0, 0.1) is 0 Å². The van der Waals surface area contributed by atoms with Crippen molar-refractivity contribution in [3.63, 3.8) is 0 Å². The van der Waals surface area contributed by atoms with E-state index in [-0.39, 0.29) is 0 Å². The monoisotopic (exact) mass is 402 g/mol. The average Bonchev–Trinajstić information content (AvgIpc) is 3.19. The molecule has 0 radical (unpaired) electrons. The zero-order chi connectivity index (χ0) is 19.3. The van der Waals surface area contributed by atoms with Crippen LogP contribution in [-0.4, -0.2) is 24.3 Å². The third-order valence-corrected chi connectivity index (χ3v) is 4.76. The summed E-state index contributed by atoms with van der Waals surface area (Å²) in [7, 11) is -5.84. The molecule has 1 heterocycles. The summed E-state index contributed by atoms with van der Waals surface area (Å²) in [5, 5.41) is 2.02. The van der Waals surface area contributed by atoms with E-state index in [0.29, 0.717) is 12.2 Å². The van der Waals surface area contributed by atoms with Crippen molar-refractivity contribution in [1.82, 2.24) is 0 Å². The molecule has 0 amide bonds. The third kappa shape index (κ3) is 13.0. The van der Waals surface area contributed by atoms with Gasteiger partial charge in [0.2, 0.25) is 0 Å². The van der Waals surface area contributed by atoms with E-state index < -0.39 is 15.6 Å². The fourth-order valence-corrected chi connectivity index (χ4v) is 2.69. The van der Waals surface area contributed by atoms with E-state index >= 15 is 0 Å². The molecule has 0 bridgehead atoms. The normalized spacial score (nSPS) is 14.1. The number of ketones is 1. The predicted molar refractivity (Wildman–Crippen MR) is 93.2 cm³/mol. The van der Waals surface area contributed by atoms with Gasteiger partial charge in [0, 0.05) is 17.7 Å². The summed E-state index contributed by atoms with van der Waals surface area (Å²) in [4.78, 5) is 12.5. The van der Waals surface area contributed by atoms with Gasteiger partial charge in [-0.2, -0.15) is 21.6 Å². The highest BCUT2D eigenvalue weighted by Crippen LogP contribution is 2.20. The van der Waals surface area contributed by atoms with E-state index in [1.165, 1.54) is 37.0 Å². The summed E-state index contributed by atoms with van der Waals surface area (Å²) in [6.45, 7) is 2.11. The number of unbranched alkanes of at least 4 members (excludes halogenated alkanes) is 1. The molecule has 1 fully saturated rings. The molecule has 4 nitrogen and oxygen atoms in total. The summed E-state index contributed by atoms with van der Waals surface area (Å²) in [5.41, 5.74) is -5.53. The SMILES string of the molecule is C1CCCC1.CCCCC(=O)Cc1cccs1.O=S(=O)(O)C(F)(F)F. The van der Waals surface area contributed by atoms with E-state index in [1.54, 1.807) is 11.3 Å². The van der Waals surface area contributed by atoms with Crippen molar-refractivity contribution in [1.29, 1.82) is 0 Å². The molecule has 146 valence electrons. The largest absolute Gasteiger partial charge is 0.522 e. The molecule has 1 aliphatic rings. The smallest absolute Gasteiger partial charge is 0.299 e. The van der Waals surface area contributed by atoms with Crippen molar-refractivity contribution >= 4 is 27.2 Å². The van der Waals surface area contributed by atoms with Gasteiger partial charge >= 0.3 is 15.6 Å². The Hall–Kier alpha value is -0.930. The topological polar surface area (TPSA) is 71.4 Å². The third-order valence-electron chi connectivity index (χ3n) is 3.30. The maximum Gasteiger partial charge on any atom is 0.522 e. The number of carbonyl (C=O) groups is 1. The maximum absolute atomic E-state index is 11.3. The average molecular weight is 403 g/mol. The lowest BCUT2D eigenvalue weighted by molar-refractivity contribution is -0.118. The molecule has 2 rings (SSSR count). The van der Waals surface area contributed by atoms with Gasteiger partial charge in [0.05, 0.1) is 0 Å². The van der Waals surface area contributed by atoms with Crippen molar-refractivity contribution in [3.05, 3.63) is 22.4 Å². The van der Waals surface area contributed by atoms with Crippen LogP contribution in [0.2, 0.25) is 0 Å². The fourth-order valence-electron chi connectivity index (χ4n) is 1.95. The summed E-state index contributed by atoms with van der Waals surface area (Å²) < 4.78 is 57.5. The zero-order valence-corrected chi connectivity index (χ0v) is 15.9. The Morgan fingerprint density at radius 1 is 1.20 bits per heavy atom. The minimum Gasteiger partial charge on any atom is -0.299 e. The highest BCUT2D eigenvalue weighted by molar-refractivity contribution is 7.86. The van der Waals surface area contributed by atoms with Crippen LogP contribution in [0.5, 0.6) is 0 Å². The quantitative estimate of drug-likeness (QED) is 0.529. The van der Waals surface area contributed by atoms with E-state index in [2.05, 4.69) is 6.92 Å². The van der Waals surface area contributed by atoms with Crippen LogP contribution in [0.1, 0.15) is 63.2 Å². The van der Waals surface area contributed by atoms with Gasteiger partial charge in [0.25, 0.3) is 0 Å². The molecule has 1 aliphatic carbocycles. The van der Waals surface area contributed by atoms with Crippen LogP contribution in [0.25, 0.3) is 0 Å². The lowest BCUT2D eigenvalue weighted by atomic mass is 10.1. The van der Waals surface area contributed by atoms with Crippen LogP contribution in [0.3, 0.4) is 0 Å². The summed E-state index contributed by atoms with van der Waals surface area (Å²) in [5.74, 6) is 0.374. The molecule has 1 aromatic rings. The Kier molecular flexibility index (Phi) is 12.0. The highest BCUT2D eigenvalue weighted by atomic mass is 32.2. The Morgan fingerprint density at radius 2 is 1.68 bits per heavy atom. The molecule has 0 atom stereocenters. The molecule has 0 unspecified atom stereocenters. The van der Waals surface area contributed by atoms with E-state index in [1.807, 2.05) is 17.5 Å². The molecule has 25 heavy (non-hydrogen) atoms. The van der Waals surface area contributed by atoms with Crippen molar-refractivity contribution < 1.29 is 30.9 Å². The second kappa shape index (κ2) is 12.4. The first-order valence-corrected chi connectivity index (χ1v) is 10.5. The van der Waals surface area contributed by atoms with Gasteiger partial charge in [-0.1, -0.05) is 51.5 Å². The second-order valence-corrected chi connectivity index (χ2v) is 8.03. The van der Waals surface area contributed by atoms with Crippen molar-refractivity contribution in [2.24, 2.45) is 0 Å². The molecule has 0 aliphatic heterocycles. The second-order valence-electron chi connectivity index (χ2n) is 5.59. The van der Waals surface area contributed by atoms with Gasteiger partial charge in [-0.15, -0.1) is 11.3 Å². The molecule has 0 saturated heterocycles. The fraction of sp³-hybridized carbons (Fsp3) is 0.688. The minimum atomic E-state index is -5.84. The number of thiophene rings is 1. The number of hydrogen-bond donors (Lipinski definition) is 1. The van der Waals surface area contributed by atoms with Crippen LogP contribution in [0.4, 0.5) is 13.2 Å². The molecular weight excluding hydrogens is 377 g/mol. The molecule has 0 aromatic carbocycles. The van der Waals surface area contributed by atoms with Gasteiger partial charge in [0.15, 0.2) is 0 Å². The molecular formula is C16H25F3O4S2. The Balaban J connectivity index is 0.000000380. The predicted octanol–water partition coefficient (Wildman–Crippen LogP) is 5.39. The Bertz CT molecular complexity index is 555. The number of Topliss-reactive ketones (excluding diaryl/α,β-unsaturated/α-hetero) is 1.